The monoisotopic (exact) mass is 262 g/mol. The number of nitrogens with two attached hydrogens (primary N) is 1. The van der Waals surface area contributed by atoms with E-state index < -0.39 is 0 Å². The summed E-state index contributed by atoms with van der Waals surface area (Å²) in [4.78, 5) is 4.53. The van der Waals surface area contributed by atoms with Gasteiger partial charge in [-0.2, -0.15) is 0 Å². The summed E-state index contributed by atoms with van der Waals surface area (Å²) in [5.41, 5.74) is 11.5. The molecule has 0 spiro atoms. The summed E-state index contributed by atoms with van der Waals surface area (Å²) in [6.07, 6.45) is 0. The van der Waals surface area contributed by atoms with E-state index >= 15 is 0 Å². The Morgan fingerprint density at radius 1 is 0.900 bits per heavy atom. The zero-order valence-corrected chi connectivity index (χ0v) is 11.8. The first-order valence-corrected chi connectivity index (χ1v) is 6.87. The van der Waals surface area contributed by atoms with Gasteiger partial charge in [0.25, 0.3) is 0 Å². The van der Waals surface area contributed by atoms with Gasteiger partial charge in [0.05, 0.1) is 5.52 Å². The molecule has 0 saturated heterocycles. The predicted octanol–water partition coefficient (Wildman–Crippen LogP) is 4.23. The highest BCUT2D eigenvalue weighted by Crippen LogP contribution is 2.25. The topological polar surface area (TPSA) is 38.9 Å². The molecule has 2 N–H and O–H groups in total. The maximum atomic E-state index is 5.88. The number of nitrogens with zero attached hydrogens (tertiary/aromatic N) is 1. The van der Waals surface area contributed by atoms with Gasteiger partial charge in [-0.05, 0) is 48.7 Å². The standard InChI is InChI=1S/C18H18N2/c1-12-3-4-17-11-16(9-10-18(17)20-12)15-7-5-14(6-8-15)13(2)19/h3-11,13H,19H2,1-2H3. The van der Waals surface area contributed by atoms with E-state index in [0.717, 1.165) is 16.8 Å². The van der Waals surface area contributed by atoms with Crippen LogP contribution in [0.1, 0.15) is 24.2 Å². The second-order valence-electron chi connectivity index (χ2n) is 5.27. The van der Waals surface area contributed by atoms with E-state index in [-0.39, 0.29) is 6.04 Å². The number of benzene rings is 2. The zero-order chi connectivity index (χ0) is 14.1. The summed E-state index contributed by atoms with van der Waals surface area (Å²) in [7, 11) is 0. The third kappa shape index (κ3) is 2.43. The molecule has 0 amide bonds. The van der Waals surface area contributed by atoms with Gasteiger partial charge in [-0.1, -0.05) is 36.4 Å². The molecule has 3 aromatic rings. The highest BCUT2D eigenvalue weighted by atomic mass is 14.7. The molecule has 2 aromatic carbocycles. The van der Waals surface area contributed by atoms with E-state index in [0.29, 0.717) is 0 Å². The summed E-state index contributed by atoms with van der Waals surface area (Å²) in [5, 5.41) is 1.17. The largest absolute Gasteiger partial charge is 0.324 e. The van der Waals surface area contributed by atoms with Crippen molar-refractivity contribution in [2.75, 3.05) is 0 Å². The number of rotatable bonds is 2. The Hall–Kier alpha value is -2.19. The number of aryl methyl sites for hydroxylation is 1. The first kappa shape index (κ1) is 12.8. The lowest BCUT2D eigenvalue weighted by molar-refractivity contribution is 0.818. The molecule has 1 atom stereocenters. The summed E-state index contributed by atoms with van der Waals surface area (Å²) in [5.74, 6) is 0. The second kappa shape index (κ2) is 5.06. The summed E-state index contributed by atoms with van der Waals surface area (Å²) in [6, 6.07) is 19.1. The first-order chi connectivity index (χ1) is 9.63. The van der Waals surface area contributed by atoms with Gasteiger partial charge in [-0.15, -0.1) is 0 Å². The van der Waals surface area contributed by atoms with Gasteiger partial charge in [0.15, 0.2) is 0 Å². The summed E-state index contributed by atoms with van der Waals surface area (Å²) < 4.78 is 0. The molecular weight excluding hydrogens is 244 g/mol. The summed E-state index contributed by atoms with van der Waals surface area (Å²) >= 11 is 0. The maximum absolute atomic E-state index is 5.88. The molecule has 0 aliphatic carbocycles. The lowest BCUT2D eigenvalue weighted by Crippen LogP contribution is -2.04. The van der Waals surface area contributed by atoms with Crippen molar-refractivity contribution in [2.24, 2.45) is 5.73 Å². The van der Waals surface area contributed by atoms with Crippen molar-refractivity contribution in [3.05, 3.63) is 65.9 Å². The Balaban J connectivity index is 2.03. The molecule has 2 nitrogen and oxygen atoms in total. The van der Waals surface area contributed by atoms with E-state index in [1.165, 1.54) is 16.5 Å². The highest BCUT2D eigenvalue weighted by Gasteiger charge is 2.03. The molecule has 1 aromatic heterocycles. The minimum Gasteiger partial charge on any atom is -0.324 e. The van der Waals surface area contributed by atoms with Crippen LogP contribution in [0.2, 0.25) is 0 Å². The van der Waals surface area contributed by atoms with Crippen molar-refractivity contribution in [1.29, 1.82) is 0 Å². The molecule has 0 bridgehead atoms. The van der Waals surface area contributed by atoms with Gasteiger partial charge in [0, 0.05) is 17.1 Å². The molecule has 1 unspecified atom stereocenters. The maximum Gasteiger partial charge on any atom is 0.0705 e. The van der Waals surface area contributed by atoms with E-state index in [1.807, 2.05) is 19.9 Å². The van der Waals surface area contributed by atoms with Crippen LogP contribution in [0, 0.1) is 6.92 Å². The van der Waals surface area contributed by atoms with Gasteiger partial charge in [-0.25, -0.2) is 0 Å². The third-order valence-corrected chi connectivity index (χ3v) is 3.60. The fourth-order valence-corrected chi connectivity index (χ4v) is 2.39. The summed E-state index contributed by atoms with van der Waals surface area (Å²) in [6.45, 7) is 4.01. The van der Waals surface area contributed by atoms with Crippen LogP contribution < -0.4 is 5.73 Å². The van der Waals surface area contributed by atoms with Crippen molar-refractivity contribution in [3.8, 4) is 11.1 Å². The molecule has 100 valence electrons. The molecule has 0 fully saturated rings. The molecule has 0 radical (unpaired) electrons. The number of hydrogen-bond acceptors (Lipinski definition) is 2. The highest BCUT2D eigenvalue weighted by molar-refractivity contribution is 5.84. The third-order valence-electron chi connectivity index (χ3n) is 3.60. The Kier molecular flexibility index (Phi) is 3.25. The average Bonchev–Trinajstić information content (AvgIpc) is 2.47. The normalized spacial score (nSPS) is 12.6. The molecule has 1 heterocycles. The van der Waals surface area contributed by atoms with Crippen LogP contribution in [0.25, 0.3) is 22.0 Å². The van der Waals surface area contributed by atoms with Crippen molar-refractivity contribution in [1.82, 2.24) is 4.98 Å². The van der Waals surface area contributed by atoms with Gasteiger partial charge in [0.1, 0.15) is 0 Å². The Bertz CT molecular complexity index is 743. The smallest absolute Gasteiger partial charge is 0.0705 e. The van der Waals surface area contributed by atoms with Crippen molar-refractivity contribution in [2.45, 2.75) is 19.9 Å². The second-order valence-corrected chi connectivity index (χ2v) is 5.27. The van der Waals surface area contributed by atoms with Crippen LogP contribution in [0.15, 0.2) is 54.6 Å². The van der Waals surface area contributed by atoms with E-state index in [2.05, 4.69) is 53.5 Å². The fourth-order valence-electron chi connectivity index (χ4n) is 2.39. The Morgan fingerprint density at radius 2 is 1.60 bits per heavy atom. The number of hydrogen-bond donors (Lipinski definition) is 1. The van der Waals surface area contributed by atoms with Gasteiger partial charge >= 0.3 is 0 Å². The van der Waals surface area contributed by atoms with Gasteiger partial charge < -0.3 is 5.73 Å². The van der Waals surface area contributed by atoms with E-state index in [9.17, 15) is 0 Å². The van der Waals surface area contributed by atoms with E-state index in [4.69, 9.17) is 5.73 Å². The van der Waals surface area contributed by atoms with Crippen LogP contribution in [0.5, 0.6) is 0 Å². The average molecular weight is 262 g/mol. The molecular formula is C18H18N2. The van der Waals surface area contributed by atoms with Crippen LogP contribution in [0.4, 0.5) is 0 Å². The number of aromatic nitrogens is 1. The predicted molar refractivity (Wildman–Crippen MR) is 84.5 cm³/mol. The van der Waals surface area contributed by atoms with Crippen LogP contribution in [-0.4, -0.2) is 4.98 Å². The van der Waals surface area contributed by atoms with Crippen molar-refractivity contribution in [3.63, 3.8) is 0 Å². The van der Waals surface area contributed by atoms with Gasteiger partial charge in [-0.3, -0.25) is 4.98 Å². The van der Waals surface area contributed by atoms with Crippen LogP contribution in [-0.2, 0) is 0 Å². The number of fused-ring (bicyclic) bond motifs is 1. The number of pyridine rings is 1. The SMILES string of the molecule is Cc1ccc2cc(-c3ccc(C(C)N)cc3)ccc2n1. The molecule has 2 heteroatoms. The molecule has 3 rings (SSSR count). The Morgan fingerprint density at radius 3 is 2.30 bits per heavy atom. The quantitative estimate of drug-likeness (QED) is 0.750. The minimum absolute atomic E-state index is 0.0767. The fraction of sp³-hybridized carbons (Fsp3) is 0.167. The lowest BCUT2D eigenvalue weighted by Gasteiger charge is -2.08. The Labute approximate surface area is 119 Å². The molecule has 0 saturated carbocycles. The first-order valence-electron chi connectivity index (χ1n) is 6.87. The molecule has 0 aliphatic heterocycles. The molecule has 20 heavy (non-hydrogen) atoms. The lowest BCUT2D eigenvalue weighted by atomic mass is 10.0. The van der Waals surface area contributed by atoms with E-state index in [1.54, 1.807) is 0 Å². The van der Waals surface area contributed by atoms with Crippen molar-refractivity contribution < 1.29 is 0 Å². The van der Waals surface area contributed by atoms with Gasteiger partial charge in [0.2, 0.25) is 0 Å². The molecule has 0 aliphatic rings. The van der Waals surface area contributed by atoms with Crippen LogP contribution in [0.3, 0.4) is 0 Å². The van der Waals surface area contributed by atoms with Crippen molar-refractivity contribution >= 4 is 10.9 Å². The van der Waals surface area contributed by atoms with Crippen LogP contribution >= 0.6 is 0 Å². The minimum atomic E-state index is 0.0767. The zero-order valence-electron chi connectivity index (χ0n) is 11.8.